The minimum Gasteiger partial charge on any atom is -0.451 e. The van der Waals surface area contributed by atoms with Crippen LogP contribution in [0.1, 0.15) is 77.8 Å². The van der Waals surface area contributed by atoms with Gasteiger partial charge >= 0.3 is 12.1 Å². The molecule has 1 N–H and O–H groups in total. The summed E-state index contributed by atoms with van der Waals surface area (Å²) in [5.74, 6) is -0.873. The standard InChI is InChI=1S/C21H26F3NO3.C3H8/c1-4-10-20(11-5-2)17(14(3)19(27)28-20)18(26)25-12-9-15-7-6-8-16(13-15)21(22,23)24;1-3-2/h6-8,13H,4-5,9-12H2,1-3H3,(H,25,26);3H2,1-2H3. The predicted octanol–water partition coefficient (Wildman–Crippen LogP) is 5.99. The summed E-state index contributed by atoms with van der Waals surface area (Å²) in [4.78, 5) is 24.9. The zero-order valence-corrected chi connectivity index (χ0v) is 19.1. The maximum atomic E-state index is 12.8. The van der Waals surface area contributed by atoms with Crippen LogP contribution in [-0.2, 0) is 26.9 Å². The van der Waals surface area contributed by atoms with Crippen molar-refractivity contribution in [2.75, 3.05) is 6.54 Å². The van der Waals surface area contributed by atoms with Crippen LogP contribution in [-0.4, -0.2) is 24.0 Å². The number of carbonyl (C=O) groups is 2. The summed E-state index contributed by atoms with van der Waals surface area (Å²) in [6, 6.07) is 5.04. The van der Waals surface area contributed by atoms with Gasteiger partial charge in [-0.05, 0) is 37.8 Å². The summed E-state index contributed by atoms with van der Waals surface area (Å²) in [6.07, 6.45) is -0.280. The SMILES string of the molecule is CCC.CCCC1(CCC)OC(=O)C(C)=C1C(=O)NCCc1cccc(C(F)(F)F)c1. The Hall–Kier alpha value is -2.31. The zero-order valence-electron chi connectivity index (χ0n) is 19.1. The Kier molecular flexibility index (Phi) is 10.3. The quantitative estimate of drug-likeness (QED) is 0.504. The van der Waals surface area contributed by atoms with Gasteiger partial charge in [0.15, 0.2) is 0 Å². The summed E-state index contributed by atoms with van der Waals surface area (Å²) in [7, 11) is 0. The van der Waals surface area contributed by atoms with E-state index in [0.29, 0.717) is 29.6 Å². The van der Waals surface area contributed by atoms with Gasteiger partial charge in [0.1, 0.15) is 5.60 Å². The van der Waals surface area contributed by atoms with Crippen molar-refractivity contribution < 1.29 is 27.5 Å². The van der Waals surface area contributed by atoms with Crippen molar-refractivity contribution in [1.29, 1.82) is 0 Å². The Labute approximate surface area is 183 Å². The van der Waals surface area contributed by atoms with Crippen LogP contribution in [0, 0.1) is 0 Å². The van der Waals surface area contributed by atoms with Crippen LogP contribution in [0.2, 0.25) is 0 Å². The highest BCUT2D eigenvalue weighted by Gasteiger charge is 2.47. The third-order valence-corrected chi connectivity index (χ3v) is 4.91. The number of hydrogen-bond acceptors (Lipinski definition) is 3. The molecule has 1 aliphatic rings. The van der Waals surface area contributed by atoms with E-state index in [-0.39, 0.29) is 13.0 Å². The van der Waals surface area contributed by atoms with E-state index in [0.717, 1.165) is 25.0 Å². The number of rotatable bonds is 8. The van der Waals surface area contributed by atoms with Crippen molar-refractivity contribution in [3.63, 3.8) is 0 Å². The third-order valence-electron chi connectivity index (χ3n) is 4.91. The number of nitrogens with one attached hydrogen (secondary N) is 1. The Morgan fingerprint density at radius 2 is 1.68 bits per heavy atom. The fourth-order valence-electron chi connectivity index (χ4n) is 3.72. The lowest BCUT2D eigenvalue weighted by atomic mass is 9.83. The average Bonchev–Trinajstić information content (AvgIpc) is 2.92. The largest absolute Gasteiger partial charge is 0.451 e. The molecule has 0 bridgehead atoms. The van der Waals surface area contributed by atoms with Gasteiger partial charge < -0.3 is 10.1 Å². The molecule has 1 aromatic carbocycles. The molecule has 1 heterocycles. The second-order valence-corrected chi connectivity index (χ2v) is 7.79. The van der Waals surface area contributed by atoms with E-state index >= 15 is 0 Å². The number of benzene rings is 1. The number of alkyl halides is 3. The first-order valence-corrected chi connectivity index (χ1v) is 10.9. The van der Waals surface area contributed by atoms with Gasteiger partial charge in [-0.15, -0.1) is 0 Å². The Morgan fingerprint density at radius 1 is 1.10 bits per heavy atom. The van der Waals surface area contributed by atoms with Crippen LogP contribution in [0.3, 0.4) is 0 Å². The van der Waals surface area contributed by atoms with Crippen LogP contribution >= 0.6 is 0 Å². The molecule has 0 atom stereocenters. The molecule has 0 spiro atoms. The monoisotopic (exact) mass is 441 g/mol. The Morgan fingerprint density at radius 3 is 2.19 bits per heavy atom. The molecule has 0 aromatic heterocycles. The van der Waals surface area contributed by atoms with E-state index in [4.69, 9.17) is 4.74 Å². The van der Waals surface area contributed by atoms with Crippen LogP contribution in [0.25, 0.3) is 0 Å². The molecule has 31 heavy (non-hydrogen) atoms. The van der Waals surface area contributed by atoms with Gasteiger partial charge in [0.05, 0.1) is 11.1 Å². The van der Waals surface area contributed by atoms with Crippen molar-refractivity contribution in [3.05, 3.63) is 46.5 Å². The van der Waals surface area contributed by atoms with Crippen LogP contribution < -0.4 is 5.32 Å². The van der Waals surface area contributed by atoms with Gasteiger partial charge in [-0.3, -0.25) is 4.79 Å². The molecule has 0 fully saturated rings. The maximum absolute atomic E-state index is 12.8. The minimum atomic E-state index is -4.40. The molecule has 1 aliphatic heterocycles. The predicted molar refractivity (Wildman–Crippen MR) is 115 cm³/mol. The smallest absolute Gasteiger partial charge is 0.416 e. The Balaban J connectivity index is 0.00000151. The number of ether oxygens (including phenoxy) is 1. The maximum Gasteiger partial charge on any atom is 0.416 e. The molecule has 0 unspecified atom stereocenters. The minimum absolute atomic E-state index is 0.166. The number of esters is 1. The fraction of sp³-hybridized carbons (Fsp3) is 0.583. The number of carbonyl (C=O) groups excluding carboxylic acids is 2. The molecule has 2 rings (SSSR count). The lowest BCUT2D eigenvalue weighted by Crippen LogP contribution is -2.40. The van der Waals surface area contributed by atoms with E-state index in [2.05, 4.69) is 19.2 Å². The van der Waals surface area contributed by atoms with Crippen molar-refractivity contribution in [2.45, 2.75) is 84.9 Å². The van der Waals surface area contributed by atoms with E-state index in [1.165, 1.54) is 12.5 Å². The van der Waals surface area contributed by atoms with Crippen molar-refractivity contribution >= 4 is 11.9 Å². The molecule has 4 nitrogen and oxygen atoms in total. The first-order chi connectivity index (χ1) is 14.6. The van der Waals surface area contributed by atoms with E-state index in [1.807, 2.05) is 13.8 Å². The van der Waals surface area contributed by atoms with Crippen LogP contribution in [0.4, 0.5) is 13.2 Å². The number of cyclic esters (lactones) is 1. The van der Waals surface area contributed by atoms with E-state index < -0.39 is 29.2 Å². The van der Waals surface area contributed by atoms with Crippen molar-refractivity contribution in [2.24, 2.45) is 0 Å². The number of halogens is 3. The van der Waals surface area contributed by atoms with E-state index in [9.17, 15) is 22.8 Å². The highest BCUT2D eigenvalue weighted by molar-refractivity contribution is 6.07. The van der Waals surface area contributed by atoms with Gasteiger partial charge in [0.25, 0.3) is 5.91 Å². The normalized spacial score (nSPS) is 15.3. The number of amides is 1. The molecule has 1 aromatic rings. The van der Waals surface area contributed by atoms with Gasteiger partial charge in [-0.2, -0.15) is 13.2 Å². The highest BCUT2D eigenvalue weighted by atomic mass is 19.4. The molecule has 0 radical (unpaired) electrons. The second kappa shape index (κ2) is 11.9. The van der Waals surface area contributed by atoms with Crippen molar-refractivity contribution in [1.82, 2.24) is 5.32 Å². The molecule has 7 heteroatoms. The third kappa shape index (κ3) is 7.11. The summed E-state index contributed by atoms with van der Waals surface area (Å²) in [5, 5.41) is 2.74. The first-order valence-electron chi connectivity index (χ1n) is 10.9. The van der Waals surface area contributed by atoms with E-state index in [1.54, 1.807) is 13.0 Å². The van der Waals surface area contributed by atoms with Crippen LogP contribution in [0.15, 0.2) is 35.4 Å². The highest BCUT2D eigenvalue weighted by Crippen LogP contribution is 2.40. The zero-order chi connectivity index (χ0) is 23.7. The van der Waals surface area contributed by atoms with Gasteiger partial charge in [0.2, 0.25) is 0 Å². The molecule has 0 aliphatic carbocycles. The summed E-state index contributed by atoms with van der Waals surface area (Å²) < 4.78 is 44.0. The molecule has 0 saturated carbocycles. The van der Waals surface area contributed by atoms with Gasteiger partial charge in [-0.25, -0.2) is 4.79 Å². The number of hydrogen-bond donors (Lipinski definition) is 1. The second-order valence-electron chi connectivity index (χ2n) is 7.79. The molecule has 1 amide bonds. The summed E-state index contributed by atoms with van der Waals surface area (Å²) >= 11 is 0. The molecular weight excluding hydrogens is 407 g/mol. The van der Waals surface area contributed by atoms with Gasteiger partial charge in [0, 0.05) is 12.1 Å². The molecular formula is C24H34F3NO3. The summed E-state index contributed by atoms with van der Waals surface area (Å²) in [6.45, 7) is 9.92. The first kappa shape index (κ1) is 26.7. The Bertz CT molecular complexity index is 779. The molecule has 174 valence electrons. The fourth-order valence-corrected chi connectivity index (χ4v) is 3.72. The van der Waals surface area contributed by atoms with Crippen LogP contribution in [0.5, 0.6) is 0 Å². The molecule has 0 saturated heterocycles. The van der Waals surface area contributed by atoms with Gasteiger partial charge in [-0.1, -0.05) is 65.2 Å². The summed E-state index contributed by atoms with van der Waals surface area (Å²) in [5.41, 5.74) is -0.489. The average molecular weight is 442 g/mol. The lowest BCUT2D eigenvalue weighted by molar-refractivity contribution is -0.148. The van der Waals surface area contributed by atoms with Crippen molar-refractivity contribution in [3.8, 4) is 0 Å². The lowest BCUT2D eigenvalue weighted by Gasteiger charge is -2.30. The topological polar surface area (TPSA) is 55.4 Å².